The lowest BCUT2D eigenvalue weighted by molar-refractivity contribution is 0.759. The lowest BCUT2D eigenvalue weighted by Crippen LogP contribution is -2.29. The summed E-state index contributed by atoms with van der Waals surface area (Å²) in [6.07, 6.45) is 0. The van der Waals surface area contributed by atoms with Crippen molar-refractivity contribution in [1.29, 1.82) is 5.41 Å². The number of fused-ring (bicyclic) bond motifs is 3. The molecule has 3 heteroatoms. The predicted molar refractivity (Wildman–Crippen MR) is 251 cm³/mol. The Morgan fingerprint density at radius 1 is 0.373 bits per heavy atom. The zero-order valence-corrected chi connectivity index (χ0v) is 33.2. The molecule has 1 heterocycles. The average molecular weight is 773 g/mol. The molecule has 0 fully saturated rings. The Balaban J connectivity index is 1.23. The third-order valence-corrected chi connectivity index (χ3v) is 12.5. The van der Waals surface area contributed by atoms with Crippen molar-refractivity contribution in [2.75, 3.05) is 0 Å². The number of thiophene rings is 1. The molecule has 0 aliphatic heterocycles. The number of amidine groups is 1. The van der Waals surface area contributed by atoms with Crippen LogP contribution in [0.3, 0.4) is 0 Å². The first-order valence-corrected chi connectivity index (χ1v) is 20.9. The highest BCUT2D eigenvalue weighted by Crippen LogP contribution is 2.48. The van der Waals surface area contributed by atoms with E-state index in [0.29, 0.717) is 5.84 Å². The smallest absolute Gasteiger partial charge is 0.126 e. The van der Waals surface area contributed by atoms with E-state index in [-0.39, 0.29) is 6.04 Å². The number of benzene rings is 9. The van der Waals surface area contributed by atoms with Gasteiger partial charge in [-0.15, -0.1) is 11.3 Å². The van der Waals surface area contributed by atoms with Gasteiger partial charge in [0.2, 0.25) is 0 Å². The van der Waals surface area contributed by atoms with Gasteiger partial charge in [0.25, 0.3) is 0 Å². The largest absolute Gasteiger partial charge is 0.359 e. The second kappa shape index (κ2) is 15.9. The average Bonchev–Trinajstić information content (AvgIpc) is 3.71. The molecule has 0 aliphatic carbocycles. The fourth-order valence-electron chi connectivity index (χ4n) is 8.36. The van der Waals surface area contributed by atoms with Crippen LogP contribution in [-0.2, 0) is 0 Å². The Hall–Kier alpha value is -7.33. The van der Waals surface area contributed by atoms with E-state index < -0.39 is 0 Å². The molecule has 1 aromatic heterocycles. The maximum Gasteiger partial charge on any atom is 0.126 e. The van der Waals surface area contributed by atoms with Gasteiger partial charge in [-0.2, -0.15) is 0 Å². The second-order valence-corrected chi connectivity index (χ2v) is 15.9. The Morgan fingerprint density at radius 2 is 0.831 bits per heavy atom. The minimum atomic E-state index is -0.205. The normalized spacial score (nSPS) is 11.3. The third-order valence-electron chi connectivity index (χ3n) is 11.2. The van der Waals surface area contributed by atoms with E-state index in [2.05, 4.69) is 218 Å². The molecule has 10 rings (SSSR count). The zero-order chi connectivity index (χ0) is 39.5. The van der Waals surface area contributed by atoms with Crippen LogP contribution in [0.25, 0.3) is 75.8 Å². The molecule has 280 valence electrons. The zero-order valence-electron chi connectivity index (χ0n) is 32.3. The molecule has 0 radical (unpaired) electrons. The van der Waals surface area contributed by atoms with Crippen LogP contribution in [0.1, 0.15) is 22.7 Å². The minimum absolute atomic E-state index is 0.205. The van der Waals surface area contributed by atoms with Gasteiger partial charge in [-0.1, -0.05) is 200 Å². The Labute approximate surface area is 349 Å². The summed E-state index contributed by atoms with van der Waals surface area (Å²) in [5.74, 6) is 0.384. The number of hydrogen-bond acceptors (Lipinski definition) is 2. The molecule has 0 saturated carbocycles. The fourth-order valence-corrected chi connectivity index (χ4v) is 9.74. The van der Waals surface area contributed by atoms with Crippen LogP contribution in [0, 0.1) is 5.41 Å². The highest BCUT2D eigenvalue weighted by Gasteiger charge is 2.23. The number of rotatable bonds is 9. The Bertz CT molecular complexity index is 3010. The van der Waals surface area contributed by atoms with Gasteiger partial charge in [0, 0.05) is 31.3 Å². The van der Waals surface area contributed by atoms with Gasteiger partial charge in [-0.05, 0) is 85.5 Å². The van der Waals surface area contributed by atoms with Crippen LogP contribution in [0.5, 0.6) is 0 Å². The van der Waals surface area contributed by atoms with Gasteiger partial charge in [0.15, 0.2) is 0 Å². The Morgan fingerprint density at radius 3 is 1.39 bits per heavy atom. The summed E-state index contributed by atoms with van der Waals surface area (Å²) >= 11 is 1.83. The third kappa shape index (κ3) is 7.03. The highest BCUT2D eigenvalue weighted by molar-refractivity contribution is 7.27. The molecule has 2 N–H and O–H groups in total. The molecular weight excluding hydrogens is 733 g/mol. The van der Waals surface area contributed by atoms with Gasteiger partial charge in [-0.3, -0.25) is 5.41 Å². The van der Waals surface area contributed by atoms with E-state index in [4.69, 9.17) is 0 Å². The summed E-state index contributed by atoms with van der Waals surface area (Å²) in [4.78, 5) is 0. The molecule has 10 aromatic rings. The minimum Gasteiger partial charge on any atom is -0.359 e. The van der Waals surface area contributed by atoms with E-state index in [0.717, 1.165) is 54.4 Å². The van der Waals surface area contributed by atoms with Crippen molar-refractivity contribution in [3.8, 4) is 55.6 Å². The van der Waals surface area contributed by atoms with Crippen molar-refractivity contribution < 1.29 is 0 Å². The van der Waals surface area contributed by atoms with Gasteiger partial charge in [-0.25, -0.2) is 0 Å². The highest BCUT2D eigenvalue weighted by atomic mass is 32.1. The fraction of sp³-hybridized carbons (Fsp3) is 0.0179. The molecular formula is C56H40N2S. The molecule has 0 aliphatic rings. The lowest BCUT2D eigenvalue weighted by atomic mass is 9.89. The summed E-state index contributed by atoms with van der Waals surface area (Å²) in [6.45, 7) is 0. The molecule has 0 amide bonds. The summed E-state index contributed by atoms with van der Waals surface area (Å²) in [7, 11) is 0. The molecule has 0 spiro atoms. The van der Waals surface area contributed by atoms with Crippen LogP contribution in [0.4, 0.5) is 0 Å². The van der Waals surface area contributed by atoms with E-state index in [1.807, 2.05) is 23.5 Å². The van der Waals surface area contributed by atoms with E-state index in [1.54, 1.807) is 0 Å². The van der Waals surface area contributed by atoms with Gasteiger partial charge in [0.05, 0.1) is 6.04 Å². The van der Waals surface area contributed by atoms with E-state index in [9.17, 15) is 5.41 Å². The lowest BCUT2D eigenvalue weighted by Gasteiger charge is -2.22. The van der Waals surface area contributed by atoms with Crippen LogP contribution >= 0.6 is 11.3 Å². The molecule has 9 aromatic carbocycles. The number of hydrogen-bond donors (Lipinski definition) is 2. The van der Waals surface area contributed by atoms with Crippen LogP contribution in [-0.4, -0.2) is 5.84 Å². The Kier molecular flexibility index (Phi) is 9.71. The molecule has 0 saturated heterocycles. The quantitative estimate of drug-likeness (QED) is 0.111. The molecule has 2 nitrogen and oxygen atoms in total. The van der Waals surface area contributed by atoms with Crippen LogP contribution in [0.2, 0.25) is 0 Å². The van der Waals surface area contributed by atoms with Crippen molar-refractivity contribution in [3.05, 3.63) is 241 Å². The van der Waals surface area contributed by atoms with E-state index in [1.165, 1.54) is 38.1 Å². The van der Waals surface area contributed by atoms with Gasteiger partial charge >= 0.3 is 0 Å². The van der Waals surface area contributed by atoms with Gasteiger partial charge < -0.3 is 5.32 Å². The molecule has 59 heavy (non-hydrogen) atoms. The van der Waals surface area contributed by atoms with Crippen LogP contribution < -0.4 is 5.32 Å². The topological polar surface area (TPSA) is 35.9 Å². The first-order chi connectivity index (χ1) is 29.2. The maximum atomic E-state index is 9.93. The van der Waals surface area contributed by atoms with Crippen molar-refractivity contribution in [2.24, 2.45) is 0 Å². The summed E-state index contributed by atoms with van der Waals surface area (Å²) in [5, 5.41) is 15.9. The van der Waals surface area contributed by atoms with Crippen molar-refractivity contribution in [1.82, 2.24) is 5.32 Å². The second-order valence-electron chi connectivity index (χ2n) is 14.9. The van der Waals surface area contributed by atoms with Crippen molar-refractivity contribution in [3.63, 3.8) is 0 Å². The van der Waals surface area contributed by atoms with Crippen molar-refractivity contribution >= 4 is 37.3 Å². The number of nitrogens with one attached hydrogen (secondary N) is 2. The standard InChI is InChI=1S/C56H40N2S/c57-56(58-53(42-27-15-5-16-28-42)43-29-17-6-18-30-43)48-34-33-47(44-31-32-46(39-21-9-2-10-22-39)49(35-44)40-23-11-3-12-24-40)55-52(48)51-37-45(38-19-7-1-8-20-38)36-50(54(51)59-55)41-25-13-4-14-26-41/h1-37,53H,(H2,57,58). The monoisotopic (exact) mass is 772 g/mol. The summed E-state index contributed by atoms with van der Waals surface area (Å²) in [6, 6.07) is 79.4. The first-order valence-electron chi connectivity index (χ1n) is 20.0. The molecule has 0 unspecified atom stereocenters. The molecule has 0 atom stereocenters. The van der Waals surface area contributed by atoms with Gasteiger partial charge in [0.1, 0.15) is 5.84 Å². The first kappa shape index (κ1) is 36.0. The van der Waals surface area contributed by atoms with Crippen LogP contribution in [0.15, 0.2) is 224 Å². The SMILES string of the molecule is N=C(NC(c1ccccc1)c1ccccc1)c1ccc(-c2ccc(-c3ccccc3)c(-c3ccccc3)c2)c2sc3c(-c4ccccc4)cc(-c4ccccc4)cc3c12. The predicted octanol–water partition coefficient (Wildman–Crippen LogP) is 15.1. The van der Waals surface area contributed by atoms with Crippen molar-refractivity contribution in [2.45, 2.75) is 6.04 Å². The molecule has 0 bridgehead atoms. The van der Waals surface area contributed by atoms with E-state index >= 15 is 0 Å². The summed E-state index contributed by atoms with van der Waals surface area (Å²) in [5.41, 5.74) is 14.8. The summed E-state index contributed by atoms with van der Waals surface area (Å²) < 4.78 is 2.37. The maximum absolute atomic E-state index is 9.93.